The zero-order valence-electron chi connectivity index (χ0n) is 8.85. The van der Waals surface area contributed by atoms with Crippen LogP contribution < -0.4 is 0 Å². The molecule has 0 bridgehead atoms. The van der Waals surface area contributed by atoms with Gasteiger partial charge in [-0.15, -0.1) is 11.8 Å². The fraction of sp³-hybridized carbons (Fsp3) is 0.500. The number of hydrogen-bond donors (Lipinski definition) is 1. The molecule has 1 aliphatic rings. The van der Waals surface area contributed by atoms with Gasteiger partial charge in [0.2, 0.25) is 0 Å². The molecule has 0 radical (unpaired) electrons. The first-order chi connectivity index (χ1) is 7.29. The van der Waals surface area contributed by atoms with Crippen LogP contribution in [0.4, 0.5) is 0 Å². The molecular formula is C12H16O2S. The number of thioether (sulfide) groups is 1. The molecule has 82 valence electrons. The predicted octanol–water partition coefficient (Wildman–Crippen LogP) is 2.62. The molecule has 1 aliphatic heterocycles. The van der Waals surface area contributed by atoms with Crippen LogP contribution in [0.15, 0.2) is 29.2 Å². The third-order valence-electron chi connectivity index (χ3n) is 2.56. The van der Waals surface area contributed by atoms with Crippen LogP contribution in [-0.2, 0) is 4.74 Å². The second-order valence-electron chi connectivity index (χ2n) is 3.77. The summed E-state index contributed by atoms with van der Waals surface area (Å²) in [6.07, 6.45) is 0.444. The molecule has 2 rings (SSSR count). The fourth-order valence-electron chi connectivity index (χ4n) is 1.48. The highest BCUT2D eigenvalue weighted by molar-refractivity contribution is 8.00. The van der Waals surface area contributed by atoms with E-state index in [2.05, 4.69) is 12.1 Å². The predicted molar refractivity (Wildman–Crippen MR) is 62.2 cm³/mol. The number of aliphatic hydroxyl groups excluding tert-OH is 1. The summed E-state index contributed by atoms with van der Waals surface area (Å²) in [5.74, 6) is 0. The van der Waals surface area contributed by atoms with E-state index in [0.717, 1.165) is 25.2 Å². The van der Waals surface area contributed by atoms with Crippen LogP contribution in [0.1, 0.15) is 25.0 Å². The highest BCUT2D eigenvalue weighted by atomic mass is 32.2. The first kappa shape index (κ1) is 11.0. The molecule has 15 heavy (non-hydrogen) atoms. The van der Waals surface area contributed by atoms with E-state index in [1.54, 1.807) is 0 Å². The molecule has 3 heteroatoms. The summed E-state index contributed by atoms with van der Waals surface area (Å²) in [7, 11) is 0. The van der Waals surface area contributed by atoms with Crippen LogP contribution in [0.3, 0.4) is 0 Å². The van der Waals surface area contributed by atoms with Gasteiger partial charge in [0.15, 0.2) is 0 Å². The summed E-state index contributed by atoms with van der Waals surface area (Å²) in [5.41, 5.74) is 1.01. The van der Waals surface area contributed by atoms with Crippen molar-refractivity contribution in [1.29, 1.82) is 0 Å². The van der Waals surface area contributed by atoms with E-state index in [0.29, 0.717) is 5.25 Å². The van der Waals surface area contributed by atoms with Crippen molar-refractivity contribution in [2.75, 3.05) is 13.2 Å². The summed E-state index contributed by atoms with van der Waals surface area (Å²) >= 11 is 1.85. The first-order valence-corrected chi connectivity index (χ1v) is 6.20. The van der Waals surface area contributed by atoms with Gasteiger partial charge in [0.1, 0.15) is 0 Å². The molecule has 1 heterocycles. The van der Waals surface area contributed by atoms with Gasteiger partial charge in [0.25, 0.3) is 0 Å². The molecule has 0 amide bonds. The molecule has 1 saturated heterocycles. The second-order valence-corrected chi connectivity index (χ2v) is 5.14. The van der Waals surface area contributed by atoms with E-state index >= 15 is 0 Å². The monoisotopic (exact) mass is 224 g/mol. The van der Waals surface area contributed by atoms with Crippen LogP contribution in [0.5, 0.6) is 0 Å². The molecule has 0 aromatic heterocycles. The molecule has 0 saturated carbocycles. The summed E-state index contributed by atoms with van der Waals surface area (Å²) in [4.78, 5) is 1.26. The van der Waals surface area contributed by atoms with Gasteiger partial charge in [0, 0.05) is 4.90 Å². The number of rotatable bonds is 4. The Morgan fingerprint density at radius 1 is 1.40 bits per heavy atom. The van der Waals surface area contributed by atoms with Gasteiger partial charge >= 0.3 is 0 Å². The average Bonchev–Trinajstić information content (AvgIpc) is 2.23. The third-order valence-corrected chi connectivity index (χ3v) is 3.71. The average molecular weight is 224 g/mol. The maximum absolute atomic E-state index is 9.63. The third kappa shape index (κ3) is 2.74. The normalized spacial score (nSPS) is 18.5. The Hall–Kier alpha value is -0.510. The van der Waals surface area contributed by atoms with E-state index in [1.165, 1.54) is 4.90 Å². The van der Waals surface area contributed by atoms with E-state index in [9.17, 15) is 5.11 Å². The number of aliphatic hydroxyl groups is 1. The van der Waals surface area contributed by atoms with E-state index in [4.69, 9.17) is 4.74 Å². The lowest BCUT2D eigenvalue weighted by Crippen LogP contribution is -2.29. The highest BCUT2D eigenvalue weighted by Gasteiger charge is 2.19. The number of ether oxygens (including phenoxy) is 1. The van der Waals surface area contributed by atoms with Gasteiger partial charge in [-0.25, -0.2) is 0 Å². The van der Waals surface area contributed by atoms with Gasteiger partial charge in [-0.05, 0) is 24.1 Å². The molecule has 1 N–H and O–H groups in total. The molecule has 0 spiro atoms. The Bertz CT molecular complexity index is 306. The lowest BCUT2D eigenvalue weighted by Gasteiger charge is -2.25. The highest BCUT2D eigenvalue weighted by Crippen LogP contribution is 2.29. The lowest BCUT2D eigenvalue weighted by atomic mass is 10.1. The van der Waals surface area contributed by atoms with Crippen molar-refractivity contribution in [2.45, 2.75) is 29.6 Å². The molecular weight excluding hydrogens is 208 g/mol. The minimum Gasteiger partial charge on any atom is -0.388 e. The van der Waals surface area contributed by atoms with Crippen molar-refractivity contribution in [3.8, 4) is 0 Å². The standard InChI is InChI=1S/C12H16O2S/c1-2-12(13)9-3-5-10(6-4-9)15-11-7-14-8-11/h3-6,11-13H,2,7-8H2,1H3. The summed E-state index contributed by atoms with van der Waals surface area (Å²) in [6, 6.07) is 8.18. The molecule has 1 fully saturated rings. The van der Waals surface area contributed by atoms with E-state index < -0.39 is 0 Å². The Morgan fingerprint density at radius 2 is 2.07 bits per heavy atom. The van der Waals surface area contributed by atoms with Gasteiger partial charge in [-0.2, -0.15) is 0 Å². The fourth-order valence-corrected chi connectivity index (χ4v) is 2.49. The molecule has 0 aliphatic carbocycles. The maximum Gasteiger partial charge on any atom is 0.0787 e. The summed E-state index contributed by atoms with van der Waals surface area (Å²) in [6.45, 7) is 3.72. The summed E-state index contributed by atoms with van der Waals surface area (Å²) in [5, 5.41) is 10.3. The largest absolute Gasteiger partial charge is 0.388 e. The van der Waals surface area contributed by atoms with Gasteiger partial charge in [-0.3, -0.25) is 0 Å². The van der Waals surface area contributed by atoms with E-state index in [-0.39, 0.29) is 6.10 Å². The minimum atomic E-state index is -0.323. The Morgan fingerprint density at radius 3 is 2.53 bits per heavy atom. The smallest absolute Gasteiger partial charge is 0.0787 e. The van der Waals surface area contributed by atoms with Crippen molar-refractivity contribution in [2.24, 2.45) is 0 Å². The molecule has 2 nitrogen and oxygen atoms in total. The summed E-state index contributed by atoms with van der Waals surface area (Å²) < 4.78 is 5.13. The number of benzene rings is 1. The number of hydrogen-bond acceptors (Lipinski definition) is 3. The van der Waals surface area contributed by atoms with Crippen molar-refractivity contribution >= 4 is 11.8 Å². The Labute approximate surface area is 94.6 Å². The zero-order valence-corrected chi connectivity index (χ0v) is 9.67. The SMILES string of the molecule is CCC(O)c1ccc(SC2COC2)cc1. The quantitative estimate of drug-likeness (QED) is 0.852. The van der Waals surface area contributed by atoms with E-state index in [1.807, 2.05) is 30.8 Å². The second kappa shape index (κ2) is 5.01. The van der Waals surface area contributed by atoms with Gasteiger partial charge in [-0.1, -0.05) is 19.1 Å². The van der Waals surface area contributed by atoms with Gasteiger partial charge < -0.3 is 9.84 Å². The maximum atomic E-state index is 9.63. The van der Waals surface area contributed by atoms with Gasteiger partial charge in [0.05, 0.1) is 24.6 Å². The zero-order chi connectivity index (χ0) is 10.7. The topological polar surface area (TPSA) is 29.5 Å². The van der Waals surface area contributed by atoms with Crippen molar-refractivity contribution in [3.05, 3.63) is 29.8 Å². The van der Waals surface area contributed by atoms with Crippen LogP contribution in [0.25, 0.3) is 0 Å². The molecule has 1 unspecified atom stereocenters. The molecule has 1 atom stereocenters. The minimum absolute atomic E-state index is 0.323. The Kier molecular flexibility index (Phi) is 3.67. The van der Waals surface area contributed by atoms with Crippen LogP contribution in [-0.4, -0.2) is 23.6 Å². The van der Waals surface area contributed by atoms with Crippen molar-refractivity contribution < 1.29 is 9.84 Å². The van der Waals surface area contributed by atoms with Crippen LogP contribution in [0, 0.1) is 0 Å². The lowest BCUT2D eigenvalue weighted by molar-refractivity contribution is 0.0455. The van der Waals surface area contributed by atoms with Crippen LogP contribution >= 0.6 is 11.8 Å². The van der Waals surface area contributed by atoms with Crippen LogP contribution in [0.2, 0.25) is 0 Å². The first-order valence-electron chi connectivity index (χ1n) is 5.32. The molecule has 1 aromatic carbocycles. The molecule has 1 aromatic rings. The Balaban J connectivity index is 1.96. The van der Waals surface area contributed by atoms with Crippen molar-refractivity contribution in [3.63, 3.8) is 0 Å². The van der Waals surface area contributed by atoms with Crippen molar-refractivity contribution in [1.82, 2.24) is 0 Å².